The molecular formula is C13H14F2N2O. The van der Waals surface area contributed by atoms with Crippen LogP contribution in [-0.4, -0.2) is 29.4 Å². The quantitative estimate of drug-likeness (QED) is 0.739. The zero-order valence-corrected chi connectivity index (χ0v) is 9.80. The maximum absolute atomic E-state index is 11.8. The van der Waals surface area contributed by atoms with Crippen molar-refractivity contribution in [3.05, 3.63) is 42.7 Å². The van der Waals surface area contributed by atoms with Crippen molar-refractivity contribution in [3.8, 4) is 11.1 Å². The van der Waals surface area contributed by atoms with E-state index in [-0.39, 0.29) is 6.61 Å². The van der Waals surface area contributed by atoms with Crippen molar-refractivity contribution in [1.82, 2.24) is 9.78 Å². The third kappa shape index (κ3) is 3.63. The van der Waals surface area contributed by atoms with Crippen LogP contribution in [0, 0.1) is 0 Å². The fourth-order valence-electron chi connectivity index (χ4n) is 1.60. The molecule has 2 aromatic rings. The van der Waals surface area contributed by atoms with Gasteiger partial charge in [-0.25, -0.2) is 8.78 Å². The van der Waals surface area contributed by atoms with E-state index < -0.39 is 13.0 Å². The first kappa shape index (κ1) is 12.7. The molecule has 0 aliphatic heterocycles. The molecule has 0 bridgehead atoms. The van der Waals surface area contributed by atoms with Crippen LogP contribution in [0.2, 0.25) is 0 Å². The average molecular weight is 252 g/mol. The molecule has 0 amide bonds. The van der Waals surface area contributed by atoms with E-state index in [0.717, 1.165) is 11.1 Å². The van der Waals surface area contributed by atoms with Crippen molar-refractivity contribution in [3.63, 3.8) is 0 Å². The molecule has 0 fully saturated rings. The van der Waals surface area contributed by atoms with Gasteiger partial charge in [-0.2, -0.15) is 5.10 Å². The Kier molecular flexibility index (Phi) is 4.41. The van der Waals surface area contributed by atoms with E-state index >= 15 is 0 Å². The Labute approximate surface area is 104 Å². The minimum absolute atomic E-state index is 0.236. The number of ether oxygens (including phenoxy) is 1. The second-order valence-corrected chi connectivity index (χ2v) is 3.82. The Morgan fingerprint density at radius 3 is 2.67 bits per heavy atom. The van der Waals surface area contributed by atoms with E-state index in [9.17, 15) is 8.78 Å². The van der Waals surface area contributed by atoms with Gasteiger partial charge in [0, 0.05) is 11.8 Å². The second-order valence-electron chi connectivity index (χ2n) is 3.82. The average Bonchev–Trinajstić information content (AvgIpc) is 2.84. The van der Waals surface area contributed by atoms with E-state index in [0.29, 0.717) is 6.54 Å². The third-order valence-corrected chi connectivity index (χ3v) is 2.45. The number of aromatic nitrogens is 2. The molecular weight excluding hydrogens is 238 g/mol. The van der Waals surface area contributed by atoms with Gasteiger partial charge in [0.25, 0.3) is 6.43 Å². The number of nitrogens with zero attached hydrogens (tertiary/aromatic N) is 2. The van der Waals surface area contributed by atoms with Gasteiger partial charge in [0.05, 0.1) is 19.3 Å². The summed E-state index contributed by atoms with van der Waals surface area (Å²) in [5.41, 5.74) is 2.08. The molecule has 0 saturated carbocycles. The minimum Gasteiger partial charge on any atom is -0.374 e. The molecule has 1 heterocycles. The van der Waals surface area contributed by atoms with Crippen molar-refractivity contribution in [2.75, 3.05) is 13.2 Å². The summed E-state index contributed by atoms with van der Waals surface area (Å²) >= 11 is 0. The summed E-state index contributed by atoms with van der Waals surface area (Å²) in [6, 6.07) is 9.85. The highest BCUT2D eigenvalue weighted by Gasteiger charge is 2.03. The zero-order valence-electron chi connectivity index (χ0n) is 9.80. The molecule has 0 saturated heterocycles. The number of hydrogen-bond donors (Lipinski definition) is 0. The van der Waals surface area contributed by atoms with Crippen molar-refractivity contribution in [1.29, 1.82) is 0 Å². The zero-order chi connectivity index (χ0) is 12.8. The van der Waals surface area contributed by atoms with E-state index in [2.05, 4.69) is 5.10 Å². The smallest absolute Gasteiger partial charge is 0.261 e. The lowest BCUT2D eigenvalue weighted by molar-refractivity contribution is 0.0140. The lowest BCUT2D eigenvalue weighted by Crippen LogP contribution is -2.10. The van der Waals surface area contributed by atoms with Crippen LogP contribution in [0.3, 0.4) is 0 Å². The molecule has 0 unspecified atom stereocenters. The fourth-order valence-corrected chi connectivity index (χ4v) is 1.60. The molecule has 0 aliphatic rings. The van der Waals surface area contributed by atoms with E-state index in [1.54, 1.807) is 10.9 Å². The van der Waals surface area contributed by atoms with Gasteiger partial charge < -0.3 is 4.74 Å². The Balaban J connectivity index is 1.87. The molecule has 1 aromatic carbocycles. The van der Waals surface area contributed by atoms with Gasteiger partial charge in [-0.3, -0.25) is 4.68 Å². The van der Waals surface area contributed by atoms with Crippen LogP contribution in [0.25, 0.3) is 11.1 Å². The van der Waals surface area contributed by atoms with Gasteiger partial charge in [0.1, 0.15) is 6.61 Å². The van der Waals surface area contributed by atoms with Crippen LogP contribution >= 0.6 is 0 Å². The van der Waals surface area contributed by atoms with E-state index in [1.165, 1.54) is 0 Å². The molecule has 0 N–H and O–H groups in total. The topological polar surface area (TPSA) is 27.1 Å². The van der Waals surface area contributed by atoms with E-state index in [4.69, 9.17) is 4.74 Å². The Bertz CT molecular complexity index is 471. The predicted octanol–water partition coefficient (Wildman–Crippen LogP) is 2.83. The Morgan fingerprint density at radius 2 is 1.94 bits per heavy atom. The van der Waals surface area contributed by atoms with Gasteiger partial charge in [-0.05, 0) is 5.56 Å². The van der Waals surface area contributed by atoms with Gasteiger partial charge in [-0.15, -0.1) is 0 Å². The highest BCUT2D eigenvalue weighted by atomic mass is 19.3. The van der Waals surface area contributed by atoms with Crippen molar-refractivity contribution < 1.29 is 13.5 Å². The molecule has 0 atom stereocenters. The summed E-state index contributed by atoms with van der Waals surface area (Å²) in [5.74, 6) is 0. The summed E-state index contributed by atoms with van der Waals surface area (Å²) in [6.07, 6.45) is 1.21. The number of rotatable bonds is 6. The van der Waals surface area contributed by atoms with Crippen LogP contribution in [0.1, 0.15) is 0 Å². The van der Waals surface area contributed by atoms with Crippen LogP contribution < -0.4 is 0 Å². The maximum Gasteiger partial charge on any atom is 0.261 e. The normalized spacial score (nSPS) is 11.1. The molecule has 18 heavy (non-hydrogen) atoms. The lowest BCUT2D eigenvalue weighted by Gasteiger charge is -2.03. The number of benzene rings is 1. The van der Waals surface area contributed by atoms with Crippen LogP contribution in [0.15, 0.2) is 42.7 Å². The Morgan fingerprint density at radius 1 is 1.17 bits per heavy atom. The van der Waals surface area contributed by atoms with Crippen LogP contribution in [-0.2, 0) is 11.3 Å². The van der Waals surface area contributed by atoms with Gasteiger partial charge in [0.2, 0.25) is 0 Å². The summed E-state index contributed by atoms with van der Waals surface area (Å²) < 4.78 is 30.2. The fraction of sp³-hybridized carbons (Fsp3) is 0.308. The molecule has 5 heteroatoms. The summed E-state index contributed by atoms with van der Waals surface area (Å²) in [6.45, 7) is 0.187. The largest absolute Gasteiger partial charge is 0.374 e. The van der Waals surface area contributed by atoms with Gasteiger partial charge >= 0.3 is 0 Å². The van der Waals surface area contributed by atoms with Crippen molar-refractivity contribution >= 4 is 0 Å². The monoisotopic (exact) mass is 252 g/mol. The van der Waals surface area contributed by atoms with Gasteiger partial charge in [0.15, 0.2) is 0 Å². The molecule has 0 spiro atoms. The number of alkyl halides is 2. The number of hydrogen-bond acceptors (Lipinski definition) is 2. The molecule has 3 nitrogen and oxygen atoms in total. The molecule has 0 radical (unpaired) electrons. The standard InChI is InChI=1S/C13H14F2N2O/c14-13(15)10-18-7-6-17-9-12(8-16-17)11-4-2-1-3-5-11/h1-5,8-9,13H,6-7,10H2. The summed E-state index contributed by atoms with van der Waals surface area (Å²) in [4.78, 5) is 0. The third-order valence-electron chi connectivity index (χ3n) is 2.45. The highest BCUT2D eigenvalue weighted by Crippen LogP contribution is 2.17. The van der Waals surface area contributed by atoms with Crippen molar-refractivity contribution in [2.24, 2.45) is 0 Å². The summed E-state index contributed by atoms with van der Waals surface area (Å²) in [7, 11) is 0. The van der Waals surface area contributed by atoms with Crippen molar-refractivity contribution in [2.45, 2.75) is 13.0 Å². The van der Waals surface area contributed by atoms with Crippen LogP contribution in [0.4, 0.5) is 8.78 Å². The minimum atomic E-state index is -2.41. The first-order valence-electron chi connectivity index (χ1n) is 5.69. The second kappa shape index (κ2) is 6.26. The first-order valence-corrected chi connectivity index (χ1v) is 5.69. The van der Waals surface area contributed by atoms with Gasteiger partial charge in [-0.1, -0.05) is 30.3 Å². The summed E-state index contributed by atoms with van der Waals surface area (Å²) in [5, 5.41) is 4.16. The lowest BCUT2D eigenvalue weighted by atomic mass is 10.1. The van der Waals surface area contributed by atoms with Crippen LogP contribution in [0.5, 0.6) is 0 Å². The highest BCUT2D eigenvalue weighted by molar-refractivity contribution is 5.61. The Hall–Kier alpha value is -1.75. The molecule has 0 aliphatic carbocycles. The molecule has 2 rings (SSSR count). The predicted molar refractivity (Wildman–Crippen MR) is 64.5 cm³/mol. The maximum atomic E-state index is 11.8. The SMILES string of the molecule is FC(F)COCCn1cc(-c2ccccc2)cn1. The molecule has 1 aromatic heterocycles. The molecule has 96 valence electrons. The first-order chi connectivity index (χ1) is 8.75. The van der Waals surface area contributed by atoms with E-state index in [1.807, 2.05) is 36.5 Å². The number of halogens is 2.